The van der Waals surface area contributed by atoms with Crippen LogP contribution in [-0.4, -0.2) is 0 Å². The summed E-state index contributed by atoms with van der Waals surface area (Å²) >= 11 is 0. The molecule has 0 heteroatoms. The molecule has 0 aromatic rings. The fraction of sp³-hybridized carbons (Fsp3) is 1.00. The van der Waals surface area contributed by atoms with Crippen molar-refractivity contribution in [2.75, 3.05) is 0 Å². The topological polar surface area (TPSA) is 0 Å². The van der Waals surface area contributed by atoms with Crippen LogP contribution >= 0.6 is 0 Å². The minimum absolute atomic E-state index is 0.651. The van der Waals surface area contributed by atoms with E-state index in [1.165, 1.54) is 38.5 Å². The van der Waals surface area contributed by atoms with Crippen molar-refractivity contribution < 1.29 is 0 Å². The molecule has 8 rings (SSSR count). The standard InChI is InChI=1S/C27H44/c1-20-7-21(2)9-22(3,8-20)15-26(13-20,14-21)19-27-16-23(4)10-24(5,17-27)12-25(6,11-23)18-27/h7-19H2,1-6H3. The molecule has 0 N–H and O–H groups in total. The predicted octanol–water partition coefficient (Wildman–Crippen LogP) is 8.15. The Balaban J connectivity index is 1.40. The second kappa shape index (κ2) is 4.37. The zero-order valence-corrected chi connectivity index (χ0v) is 19.2. The molecule has 152 valence electrons. The summed E-state index contributed by atoms with van der Waals surface area (Å²) in [6.07, 6.45) is 20.1. The Hall–Kier alpha value is 0. The maximum absolute atomic E-state index is 2.68. The predicted molar refractivity (Wildman–Crippen MR) is 114 cm³/mol. The molecule has 0 amide bonds. The first-order chi connectivity index (χ1) is 12.2. The van der Waals surface area contributed by atoms with E-state index in [1.54, 1.807) is 44.9 Å². The van der Waals surface area contributed by atoms with E-state index < -0.39 is 0 Å². The van der Waals surface area contributed by atoms with Crippen LogP contribution in [0.1, 0.15) is 125 Å². The Morgan fingerprint density at radius 3 is 0.704 bits per heavy atom. The lowest BCUT2D eigenvalue weighted by Crippen LogP contribution is -2.63. The Morgan fingerprint density at radius 2 is 0.519 bits per heavy atom. The lowest BCUT2D eigenvalue weighted by atomic mass is 9.31. The highest BCUT2D eigenvalue weighted by molar-refractivity contribution is 5.19. The smallest absolute Gasteiger partial charge is 0.0277 e. The lowest BCUT2D eigenvalue weighted by Gasteiger charge is -2.74. The van der Waals surface area contributed by atoms with Gasteiger partial charge in [-0.1, -0.05) is 41.5 Å². The summed E-state index contributed by atoms with van der Waals surface area (Å²) in [5.41, 5.74) is 5.27. The molecule has 0 unspecified atom stereocenters. The minimum atomic E-state index is 0.651. The van der Waals surface area contributed by atoms with Crippen molar-refractivity contribution in [2.24, 2.45) is 43.3 Å². The van der Waals surface area contributed by atoms with Gasteiger partial charge in [-0.15, -0.1) is 0 Å². The van der Waals surface area contributed by atoms with Gasteiger partial charge in [0, 0.05) is 0 Å². The molecule has 8 fully saturated rings. The summed E-state index contributed by atoms with van der Waals surface area (Å²) in [7, 11) is 0. The lowest BCUT2D eigenvalue weighted by molar-refractivity contribution is -0.232. The van der Waals surface area contributed by atoms with Gasteiger partial charge in [0.05, 0.1) is 0 Å². The largest absolute Gasteiger partial charge is 0.0596 e. The normalized spacial score (nSPS) is 68.7. The molecule has 27 heavy (non-hydrogen) atoms. The van der Waals surface area contributed by atoms with Crippen LogP contribution in [0.25, 0.3) is 0 Å². The molecule has 0 atom stereocenters. The van der Waals surface area contributed by atoms with Crippen molar-refractivity contribution in [3.05, 3.63) is 0 Å². The van der Waals surface area contributed by atoms with Crippen LogP contribution in [0.3, 0.4) is 0 Å². The Morgan fingerprint density at radius 1 is 0.333 bits per heavy atom. The van der Waals surface area contributed by atoms with Gasteiger partial charge in [-0.3, -0.25) is 0 Å². The fourth-order valence-corrected chi connectivity index (χ4v) is 14.3. The van der Waals surface area contributed by atoms with Crippen LogP contribution in [0.4, 0.5) is 0 Å². The molecule has 0 aromatic carbocycles. The molecule has 0 radical (unpaired) electrons. The fourth-order valence-electron chi connectivity index (χ4n) is 14.3. The zero-order valence-electron chi connectivity index (χ0n) is 19.2. The first-order valence-corrected chi connectivity index (χ1v) is 12.2. The maximum Gasteiger partial charge on any atom is -0.0277 e. The average molecular weight is 369 g/mol. The number of hydrogen-bond donors (Lipinski definition) is 0. The molecule has 0 nitrogen and oxygen atoms in total. The first-order valence-electron chi connectivity index (χ1n) is 12.2. The molecule has 0 aromatic heterocycles. The highest BCUT2D eigenvalue weighted by Gasteiger charge is 2.69. The molecule has 0 aliphatic heterocycles. The molecule has 0 heterocycles. The van der Waals surface area contributed by atoms with E-state index in [1.807, 2.05) is 0 Å². The molecule has 8 aliphatic carbocycles. The average Bonchev–Trinajstić information content (AvgIpc) is 2.22. The Bertz CT molecular complexity index is 544. The van der Waals surface area contributed by atoms with E-state index >= 15 is 0 Å². The van der Waals surface area contributed by atoms with Gasteiger partial charge < -0.3 is 0 Å². The van der Waals surface area contributed by atoms with Crippen molar-refractivity contribution in [1.29, 1.82) is 0 Å². The van der Waals surface area contributed by atoms with Gasteiger partial charge >= 0.3 is 0 Å². The van der Waals surface area contributed by atoms with E-state index in [9.17, 15) is 0 Å². The summed E-state index contributed by atoms with van der Waals surface area (Å²) in [6.45, 7) is 16.1. The molecular formula is C27H44. The highest BCUT2D eigenvalue weighted by atomic mass is 14.7. The summed E-state index contributed by atoms with van der Waals surface area (Å²) in [6, 6.07) is 0. The third-order valence-corrected chi connectivity index (χ3v) is 10.7. The Labute approximate surface area is 168 Å². The van der Waals surface area contributed by atoms with Gasteiger partial charge in [-0.25, -0.2) is 0 Å². The van der Waals surface area contributed by atoms with Crippen LogP contribution in [0.2, 0.25) is 0 Å². The summed E-state index contributed by atoms with van der Waals surface area (Å²) in [5.74, 6) is 0. The van der Waals surface area contributed by atoms with E-state index in [0.717, 1.165) is 0 Å². The quantitative estimate of drug-likeness (QED) is 0.461. The first kappa shape index (κ1) is 17.8. The Kier molecular flexibility index (Phi) is 2.88. The third kappa shape index (κ3) is 2.46. The van der Waals surface area contributed by atoms with E-state index in [4.69, 9.17) is 0 Å². The number of rotatable bonds is 2. The molecule has 0 spiro atoms. The van der Waals surface area contributed by atoms with E-state index in [2.05, 4.69) is 41.5 Å². The highest BCUT2D eigenvalue weighted by Crippen LogP contribution is 2.80. The minimum Gasteiger partial charge on any atom is -0.0596 e. The van der Waals surface area contributed by atoms with Crippen LogP contribution in [-0.2, 0) is 0 Å². The van der Waals surface area contributed by atoms with Crippen LogP contribution in [0, 0.1) is 43.3 Å². The summed E-state index contributed by atoms with van der Waals surface area (Å²) in [4.78, 5) is 0. The summed E-state index contributed by atoms with van der Waals surface area (Å²) < 4.78 is 0. The van der Waals surface area contributed by atoms with Crippen LogP contribution in [0.5, 0.6) is 0 Å². The summed E-state index contributed by atoms with van der Waals surface area (Å²) in [5, 5.41) is 0. The monoisotopic (exact) mass is 368 g/mol. The zero-order chi connectivity index (χ0) is 19.2. The molecule has 8 aliphatic rings. The van der Waals surface area contributed by atoms with Crippen molar-refractivity contribution in [3.8, 4) is 0 Å². The molecule has 8 bridgehead atoms. The SMILES string of the molecule is CC12CC3(C)CC(C)(C1)CC(CC14CC5(C)CC(C)(CC(C)(C5)C1)C4)(C2)C3. The second-order valence-electron chi connectivity index (χ2n) is 16.2. The van der Waals surface area contributed by atoms with Crippen molar-refractivity contribution >= 4 is 0 Å². The van der Waals surface area contributed by atoms with Gasteiger partial charge in [0.25, 0.3) is 0 Å². The van der Waals surface area contributed by atoms with E-state index in [-0.39, 0.29) is 0 Å². The van der Waals surface area contributed by atoms with Crippen molar-refractivity contribution in [3.63, 3.8) is 0 Å². The van der Waals surface area contributed by atoms with Crippen LogP contribution < -0.4 is 0 Å². The van der Waals surface area contributed by atoms with Gasteiger partial charge in [-0.2, -0.15) is 0 Å². The van der Waals surface area contributed by atoms with Crippen molar-refractivity contribution in [2.45, 2.75) is 125 Å². The molecular weight excluding hydrogens is 324 g/mol. The van der Waals surface area contributed by atoms with Crippen LogP contribution in [0.15, 0.2) is 0 Å². The molecule has 0 saturated heterocycles. The van der Waals surface area contributed by atoms with Gasteiger partial charge in [0.1, 0.15) is 0 Å². The number of hydrogen-bond acceptors (Lipinski definition) is 0. The third-order valence-electron chi connectivity index (χ3n) is 10.7. The van der Waals surface area contributed by atoms with Gasteiger partial charge in [-0.05, 0) is 127 Å². The van der Waals surface area contributed by atoms with Crippen molar-refractivity contribution in [1.82, 2.24) is 0 Å². The molecule has 8 saturated carbocycles. The maximum atomic E-state index is 2.68. The second-order valence-corrected chi connectivity index (χ2v) is 16.2. The van der Waals surface area contributed by atoms with Gasteiger partial charge in [0.2, 0.25) is 0 Å². The van der Waals surface area contributed by atoms with Gasteiger partial charge in [0.15, 0.2) is 0 Å². The van der Waals surface area contributed by atoms with E-state index in [0.29, 0.717) is 43.3 Å².